The fourth-order valence-corrected chi connectivity index (χ4v) is 5.99. The largest absolute Gasteiger partial charge is 0.497 e. The first-order valence-corrected chi connectivity index (χ1v) is 10.5. The highest BCUT2D eigenvalue weighted by atomic mass is 32.2. The highest BCUT2D eigenvalue weighted by Gasteiger charge is 2.25. The average Bonchev–Trinajstić information content (AvgIpc) is 3.06. The molecular weight excluding hydrogens is 366 g/mol. The van der Waals surface area contributed by atoms with Crippen molar-refractivity contribution in [2.75, 3.05) is 19.5 Å². The minimum absolute atomic E-state index is 0.0875. The van der Waals surface area contributed by atoms with Crippen molar-refractivity contribution in [1.29, 1.82) is 0 Å². The van der Waals surface area contributed by atoms with Crippen molar-refractivity contribution in [2.24, 2.45) is 0 Å². The van der Waals surface area contributed by atoms with Crippen molar-refractivity contribution in [2.45, 2.75) is 31.4 Å². The third-order valence-corrected chi connectivity index (χ3v) is 7.16. The first-order valence-electron chi connectivity index (χ1n) is 8.71. The van der Waals surface area contributed by atoms with Gasteiger partial charge in [-0.1, -0.05) is 0 Å². The Morgan fingerprint density at radius 1 is 1.12 bits per heavy atom. The highest BCUT2D eigenvalue weighted by molar-refractivity contribution is 8.03. The molecular formula is C20H21NO3S2. The Hall–Kier alpha value is -1.92. The molecule has 1 aromatic carbocycles. The van der Waals surface area contributed by atoms with Gasteiger partial charge >= 0.3 is 0 Å². The SMILES string of the molecule is COc1ccc(NC(=O)C2=Cc3sc4c(c3CS2)CCCC4)c(OC)c1. The molecule has 0 unspecified atom stereocenters. The summed E-state index contributed by atoms with van der Waals surface area (Å²) >= 11 is 3.49. The number of ether oxygens (including phenoxy) is 2. The molecule has 2 aliphatic rings. The van der Waals surface area contributed by atoms with Gasteiger partial charge in [-0.05, 0) is 55.0 Å². The van der Waals surface area contributed by atoms with Gasteiger partial charge in [0.15, 0.2) is 0 Å². The van der Waals surface area contributed by atoms with Crippen LogP contribution in [-0.2, 0) is 23.4 Å². The summed E-state index contributed by atoms with van der Waals surface area (Å²) in [6.07, 6.45) is 7.01. The van der Waals surface area contributed by atoms with Crippen LogP contribution in [0.3, 0.4) is 0 Å². The zero-order chi connectivity index (χ0) is 18.1. The number of fused-ring (bicyclic) bond motifs is 3. The molecule has 1 aromatic heterocycles. The second-order valence-corrected chi connectivity index (χ2v) is 8.53. The third kappa shape index (κ3) is 3.23. The molecule has 0 radical (unpaired) electrons. The summed E-state index contributed by atoms with van der Waals surface area (Å²) in [4.78, 5) is 16.3. The molecule has 0 bridgehead atoms. The number of methoxy groups -OCH3 is 2. The number of aryl methyl sites for hydroxylation is 1. The van der Waals surface area contributed by atoms with Gasteiger partial charge in [0.25, 0.3) is 5.91 Å². The minimum atomic E-state index is -0.0875. The predicted molar refractivity (Wildman–Crippen MR) is 108 cm³/mol. The molecule has 2 heterocycles. The third-order valence-electron chi connectivity index (χ3n) is 4.83. The molecule has 0 spiro atoms. The van der Waals surface area contributed by atoms with Crippen molar-refractivity contribution in [1.82, 2.24) is 0 Å². The van der Waals surface area contributed by atoms with Gasteiger partial charge in [-0.3, -0.25) is 4.79 Å². The molecule has 1 amide bonds. The molecule has 136 valence electrons. The number of carbonyl (C=O) groups is 1. The number of rotatable bonds is 4. The second-order valence-electron chi connectivity index (χ2n) is 6.37. The van der Waals surface area contributed by atoms with E-state index < -0.39 is 0 Å². The molecule has 1 aliphatic carbocycles. The Bertz CT molecular complexity index is 885. The molecule has 0 fully saturated rings. The highest BCUT2D eigenvalue weighted by Crippen LogP contribution is 2.43. The zero-order valence-corrected chi connectivity index (χ0v) is 16.5. The van der Waals surface area contributed by atoms with Gasteiger partial charge in [-0.2, -0.15) is 0 Å². The maximum absolute atomic E-state index is 12.8. The van der Waals surface area contributed by atoms with Crippen molar-refractivity contribution < 1.29 is 14.3 Å². The molecule has 0 saturated carbocycles. The number of carbonyl (C=O) groups excluding carboxylic acids is 1. The molecule has 0 atom stereocenters. The summed E-state index contributed by atoms with van der Waals surface area (Å²) in [5.41, 5.74) is 3.65. The number of hydrogen-bond acceptors (Lipinski definition) is 5. The smallest absolute Gasteiger partial charge is 0.262 e. The van der Waals surface area contributed by atoms with Crippen molar-refractivity contribution in [3.8, 4) is 11.5 Å². The molecule has 2 aromatic rings. The van der Waals surface area contributed by atoms with Crippen molar-refractivity contribution >= 4 is 40.8 Å². The van der Waals surface area contributed by atoms with Crippen LogP contribution in [0.4, 0.5) is 5.69 Å². The summed E-state index contributed by atoms with van der Waals surface area (Å²) in [6, 6.07) is 5.38. The van der Waals surface area contributed by atoms with Crippen LogP contribution in [-0.4, -0.2) is 20.1 Å². The molecule has 1 N–H and O–H groups in total. The Kier molecular flexibility index (Phi) is 4.96. The van der Waals surface area contributed by atoms with Gasteiger partial charge in [-0.15, -0.1) is 23.1 Å². The van der Waals surface area contributed by atoms with Crippen LogP contribution in [0, 0.1) is 0 Å². The summed E-state index contributed by atoms with van der Waals surface area (Å²) < 4.78 is 10.6. The second kappa shape index (κ2) is 7.37. The van der Waals surface area contributed by atoms with Gasteiger partial charge < -0.3 is 14.8 Å². The average molecular weight is 388 g/mol. The summed E-state index contributed by atoms with van der Waals surface area (Å²) in [7, 11) is 3.19. The van der Waals surface area contributed by atoms with Gasteiger partial charge in [0.1, 0.15) is 11.5 Å². The first kappa shape index (κ1) is 17.5. The fraction of sp³-hybridized carbons (Fsp3) is 0.350. The molecule has 26 heavy (non-hydrogen) atoms. The van der Waals surface area contributed by atoms with E-state index in [4.69, 9.17) is 9.47 Å². The number of hydrogen-bond donors (Lipinski definition) is 1. The van der Waals surface area contributed by atoms with Gasteiger partial charge in [-0.25, -0.2) is 0 Å². The number of amides is 1. The lowest BCUT2D eigenvalue weighted by atomic mass is 9.95. The normalized spacial score (nSPS) is 15.5. The van der Waals surface area contributed by atoms with Crippen LogP contribution in [0.2, 0.25) is 0 Å². The number of anilines is 1. The Labute approximate surface area is 161 Å². The van der Waals surface area contributed by atoms with Gasteiger partial charge in [0.2, 0.25) is 0 Å². The van der Waals surface area contributed by atoms with Crippen molar-refractivity contribution in [3.63, 3.8) is 0 Å². The van der Waals surface area contributed by atoms with E-state index in [2.05, 4.69) is 11.4 Å². The van der Waals surface area contributed by atoms with Crippen LogP contribution in [0.5, 0.6) is 11.5 Å². The lowest BCUT2D eigenvalue weighted by molar-refractivity contribution is -0.112. The monoisotopic (exact) mass is 387 g/mol. The van der Waals surface area contributed by atoms with Crippen LogP contribution in [0.15, 0.2) is 23.1 Å². The van der Waals surface area contributed by atoms with E-state index in [1.807, 2.05) is 17.4 Å². The number of thiophene rings is 1. The Morgan fingerprint density at radius 3 is 2.77 bits per heavy atom. The molecule has 1 aliphatic heterocycles. The maximum atomic E-state index is 12.8. The van der Waals surface area contributed by atoms with Crippen molar-refractivity contribution in [3.05, 3.63) is 44.0 Å². The van der Waals surface area contributed by atoms with Crippen LogP contribution >= 0.6 is 23.1 Å². The summed E-state index contributed by atoms with van der Waals surface area (Å²) in [5.74, 6) is 2.09. The number of thioether (sulfide) groups is 1. The summed E-state index contributed by atoms with van der Waals surface area (Å²) in [5, 5.41) is 2.97. The van der Waals surface area contributed by atoms with E-state index >= 15 is 0 Å². The van der Waals surface area contributed by atoms with E-state index in [0.717, 1.165) is 10.7 Å². The minimum Gasteiger partial charge on any atom is -0.497 e. The molecule has 4 nitrogen and oxygen atoms in total. The van der Waals surface area contributed by atoms with E-state index in [-0.39, 0.29) is 5.91 Å². The molecule has 0 saturated heterocycles. The number of nitrogens with one attached hydrogen (secondary N) is 1. The molecule has 6 heteroatoms. The number of benzene rings is 1. The maximum Gasteiger partial charge on any atom is 0.262 e. The standard InChI is InChI=1S/C20H21NO3S2/c1-23-12-7-8-15(16(9-12)24-2)21-20(22)19-10-18-14(11-25-19)13-5-3-4-6-17(13)26-18/h7-10H,3-6,11H2,1-2H3,(H,21,22). The van der Waals surface area contributed by atoms with Gasteiger partial charge in [0.05, 0.1) is 24.8 Å². The van der Waals surface area contributed by atoms with E-state index in [1.165, 1.54) is 41.0 Å². The lowest BCUT2D eigenvalue weighted by Crippen LogP contribution is -2.15. The van der Waals surface area contributed by atoms with E-state index in [1.54, 1.807) is 43.7 Å². The van der Waals surface area contributed by atoms with Crippen LogP contribution < -0.4 is 14.8 Å². The Balaban J connectivity index is 1.57. The summed E-state index contributed by atoms with van der Waals surface area (Å²) in [6.45, 7) is 0. The van der Waals surface area contributed by atoms with Crippen LogP contribution in [0.1, 0.15) is 33.7 Å². The van der Waals surface area contributed by atoms with Crippen LogP contribution in [0.25, 0.3) is 6.08 Å². The quantitative estimate of drug-likeness (QED) is 0.813. The predicted octanol–water partition coefficient (Wildman–Crippen LogP) is 4.87. The first-order chi connectivity index (χ1) is 12.7. The molecule has 4 rings (SSSR count). The topological polar surface area (TPSA) is 47.6 Å². The van der Waals surface area contributed by atoms with Gasteiger partial charge in [0, 0.05) is 21.6 Å². The lowest BCUT2D eigenvalue weighted by Gasteiger charge is -2.17. The Morgan fingerprint density at radius 2 is 1.96 bits per heavy atom. The zero-order valence-electron chi connectivity index (χ0n) is 14.9. The van der Waals surface area contributed by atoms with E-state index in [0.29, 0.717) is 17.2 Å². The van der Waals surface area contributed by atoms with E-state index in [9.17, 15) is 4.79 Å². The fourth-order valence-electron chi connectivity index (χ4n) is 3.45.